The van der Waals surface area contributed by atoms with E-state index in [1.54, 1.807) is 18.2 Å². The summed E-state index contributed by atoms with van der Waals surface area (Å²) >= 11 is 0. The van der Waals surface area contributed by atoms with Gasteiger partial charge in [-0.05, 0) is 37.3 Å². The predicted octanol–water partition coefficient (Wildman–Crippen LogP) is 3.03. The molecule has 112 valence electrons. The molecule has 0 unspecified atom stereocenters. The number of hydrogen-bond acceptors (Lipinski definition) is 3. The van der Waals surface area contributed by atoms with Gasteiger partial charge in [-0.1, -0.05) is 6.07 Å². The van der Waals surface area contributed by atoms with Crippen LogP contribution in [0.3, 0.4) is 0 Å². The Labute approximate surface area is 126 Å². The number of fused-ring (bicyclic) bond motifs is 1. The highest BCUT2D eigenvalue weighted by Crippen LogP contribution is 2.17. The van der Waals surface area contributed by atoms with Crippen LogP contribution in [-0.4, -0.2) is 22.5 Å². The van der Waals surface area contributed by atoms with Gasteiger partial charge in [0.15, 0.2) is 6.61 Å². The average Bonchev–Trinajstić information content (AvgIpc) is 2.84. The number of amides is 1. The number of imidazole rings is 1. The zero-order chi connectivity index (χ0) is 15.5. The fourth-order valence-corrected chi connectivity index (χ4v) is 2.12. The molecule has 22 heavy (non-hydrogen) atoms. The first kappa shape index (κ1) is 14.1. The second kappa shape index (κ2) is 5.85. The summed E-state index contributed by atoms with van der Waals surface area (Å²) in [6, 6.07) is 11.0. The number of nitrogens with zero attached hydrogens (tertiary/aromatic N) is 1. The van der Waals surface area contributed by atoms with E-state index in [0.29, 0.717) is 11.4 Å². The molecule has 2 N–H and O–H groups in total. The maximum atomic E-state index is 13.0. The summed E-state index contributed by atoms with van der Waals surface area (Å²) in [5.74, 6) is 0.403. The number of halogens is 1. The van der Waals surface area contributed by atoms with Crippen LogP contribution in [0, 0.1) is 12.7 Å². The molecule has 0 bridgehead atoms. The Morgan fingerprint density at radius 1 is 1.32 bits per heavy atom. The van der Waals surface area contributed by atoms with E-state index in [2.05, 4.69) is 15.3 Å². The monoisotopic (exact) mass is 299 g/mol. The summed E-state index contributed by atoms with van der Waals surface area (Å²) in [6.45, 7) is 1.68. The number of rotatable bonds is 4. The van der Waals surface area contributed by atoms with Crippen LogP contribution in [0.1, 0.15) is 5.82 Å². The smallest absolute Gasteiger partial charge is 0.262 e. The standard InChI is InChI=1S/C16H14FN3O2/c1-10-18-14-6-5-12(8-15(14)19-10)20-16(21)9-22-13-4-2-3-11(17)7-13/h2-8H,9H2,1H3,(H,18,19)(H,20,21). The topological polar surface area (TPSA) is 67.0 Å². The molecule has 1 aromatic heterocycles. The summed E-state index contributed by atoms with van der Waals surface area (Å²) in [5, 5.41) is 2.72. The molecule has 0 atom stereocenters. The fraction of sp³-hybridized carbons (Fsp3) is 0.125. The number of H-pyrrole nitrogens is 1. The number of aryl methyl sites for hydroxylation is 1. The minimum atomic E-state index is -0.405. The van der Waals surface area contributed by atoms with Gasteiger partial charge < -0.3 is 15.0 Å². The summed E-state index contributed by atoms with van der Waals surface area (Å²) in [5.41, 5.74) is 2.33. The van der Waals surface area contributed by atoms with Gasteiger partial charge in [-0.2, -0.15) is 0 Å². The summed E-state index contributed by atoms with van der Waals surface area (Å²) < 4.78 is 18.2. The van der Waals surface area contributed by atoms with Crippen LogP contribution in [0.5, 0.6) is 5.75 Å². The van der Waals surface area contributed by atoms with E-state index >= 15 is 0 Å². The van der Waals surface area contributed by atoms with Crippen molar-refractivity contribution in [2.45, 2.75) is 6.92 Å². The minimum absolute atomic E-state index is 0.191. The molecule has 0 saturated heterocycles. The predicted molar refractivity (Wildman–Crippen MR) is 81.4 cm³/mol. The third-order valence-corrected chi connectivity index (χ3v) is 3.05. The van der Waals surface area contributed by atoms with Crippen LogP contribution >= 0.6 is 0 Å². The number of aromatic amines is 1. The van der Waals surface area contributed by atoms with E-state index < -0.39 is 5.82 Å². The van der Waals surface area contributed by atoms with Gasteiger partial charge in [0.05, 0.1) is 11.0 Å². The molecular formula is C16H14FN3O2. The molecule has 0 aliphatic rings. The molecule has 0 aliphatic heterocycles. The van der Waals surface area contributed by atoms with E-state index in [0.717, 1.165) is 16.9 Å². The average molecular weight is 299 g/mol. The molecule has 3 aromatic rings. The van der Waals surface area contributed by atoms with Gasteiger partial charge in [0.1, 0.15) is 17.4 Å². The Morgan fingerprint density at radius 3 is 3.00 bits per heavy atom. The first-order valence-corrected chi connectivity index (χ1v) is 6.75. The molecular weight excluding hydrogens is 285 g/mol. The number of carbonyl (C=O) groups is 1. The van der Waals surface area contributed by atoms with Crippen LogP contribution in [0.25, 0.3) is 11.0 Å². The van der Waals surface area contributed by atoms with Gasteiger partial charge in [0, 0.05) is 11.8 Å². The van der Waals surface area contributed by atoms with Crippen LogP contribution in [0.4, 0.5) is 10.1 Å². The SMILES string of the molecule is Cc1nc2ccc(NC(=O)COc3cccc(F)c3)cc2[nH]1. The first-order valence-electron chi connectivity index (χ1n) is 6.75. The van der Waals surface area contributed by atoms with Crippen LogP contribution in [0.2, 0.25) is 0 Å². The van der Waals surface area contributed by atoms with Crippen molar-refractivity contribution in [3.05, 3.63) is 54.1 Å². The molecule has 2 aromatic carbocycles. The van der Waals surface area contributed by atoms with E-state index in [9.17, 15) is 9.18 Å². The minimum Gasteiger partial charge on any atom is -0.484 e. The van der Waals surface area contributed by atoms with Crippen molar-refractivity contribution < 1.29 is 13.9 Å². The Kier molecular flexibility index (Phi) is 3.74. The fourth-order valence-electron chi connectivity index (χ4n) is 2.12. The van der Waals surface area contributed by atoms with Gasteiger partial charge in [0.2, 0.25) is 0 Å². The first-order chi connectivity index (χ1) is 10.6. The molecule has 0 saturated carbocycles. The van der Waals surface area contributed by atoms with Crippen LogP contribution < -0.4 is 10.1 Å². The van der Waals surface area contributed by atoms with Crippen molar-refractivity contribution in [2.75, 3.05) is 11.9 Å². The zero-order valence-electron chi connectivity index (χ0n) is 11.9. The number of nitrogens with one attached hydrogen (secondary N) is 2. The molecule has 6 heteroatoms. The lowest BCUT2D eigenvalue weighted by molar-refractivity contribution is -0.118. The van der Waals surface area contributed by atoms with Crippen molar-refractivity contribution in [1.29, 1.82) is 0 Å². The van der Waals surface area contributed by atoms with Gasteiger partial charge in [0.25, 0.3) is 5.91 Å². The van der Waals surface area contributed by atoms with E-state index in [4.69, 9.17) is 4.74 Å². The third-order valence-electron chi connectivity index (χ3n) is 3.05. The Hall–Kier alpha value is -2.89. The van der Waals surface area contributed by atoms with Gasteiger partial charge in [-0.3, -0.25) is 4.79 Å². The number of ether oxygens (including phenoxy) is 1. The van der Waals surface area contributed by atoms with Crippen molar-refractivity contribution >= 4 is 22.6 Å². The normalized spacial score (nSPS) is 10.6. The highest BCUT2D eigenvalue weighted by atomic mass is 19.1. The molecule has 0 radical (unpaired) electrons. The zero-order valence-corrected chi connectivity index (χ0v) is 11.9. The Balaban J connectivity index is 1.62. The summed E-state index contributed by atoms with van der Waals surface area (Å²) in [4.78, 5) is 19.2. The lowest BCUT2D eigenvalue weighted by Crippen LogP contribution is -2.20. The van der Waals surface area contributed by atoms with E-state index in [1.807, 2.05) is 13.0 Å². The maximum absolute atomic E-state index is 13.0. The van der Waals surface area contributed by atoms with Gasteiger partial charge >= 0.3 is 0 Å². The molecule has 0 spiro atoms. The second-order valence-corrected chi connectivity index (χ2v) is 4.85. The number of aromatic nitrogens is 2. The van der Waals surface area contributed by atoms with Crippen molar-refractivity contribution in [1.82, 2.24) is 9.97 Å². The molecule has 3 rings (SSSR count). The quantitative estimate of drug-likeness (QED) is 0.778. The Bertz CT molecular complexity index is 829. The van der Waals surface area contributed by atoms with Crippen molar-refractivity contribution in [3.63, 3.8) is 0 Å². The molecule has 1 amide bonds. The van der Waals surface area contributed by atoms with Crippen molar-refractivity contribution in [3.8, 4) is 5.75 Å². The highest BCUT2D eigenvalue weighted by Gasteiger charge is 2.06. The lowest BCUT2D eigenvalue weighted by Gasteiger charge is -2.07. The van der Waals surface area contributed by atoms with E-state index in [-0.39, 0.29) is 12.5 Å². The number of hydrogen-bond donors (Lipinski definition) is 2. The molecule has 0 fully saturated rings. The third kappa shape index (κ3) is 3.22. The van der Waals surface area contributed by atoms with Gasteiger partial charge in [-0.15, -0.1) is 0 Å². The van der Waals surface area contributed by atoms with Crippen LogP contribution in [0.15, 0.2) is 42.5 Å². The Morgan fingerprint density at radius 2 is 2.18 bits per heavy atom. The summed E-state index contributed by atoms with van der Waals surface area (Å²) in [6.07, 6.45) is 0. The highest BCUT2D eigenvalue weighted by molar-refractivity contribution is 5.94. The lowest BCUT2D eigenvalue weighted by atomic mass is 10.3. The largest absolute Gasteiger partial charge is 0.484 e. The van der Waals surface area contributed by atoms with Gasteiger partial charge in [-0.25, -0.2) is 9.37 Å². The molecule has 0 aliphatic carbocycles. The number of carbonyl (C=O) groups excluding carboxylic acids is 1. The van der Waals surface area contributed by atoms with Crippen LogP contribution in [-0.2, 0) is 4.79 Å². The molecule has 1 heterocycles. The number of benzene rings is 2. The van der Waals surface area contributed by atoms with E-state index in [1.165, 1.54) is 18.2 Å². The maximum Gasteiger partial charge on any atom is 0.262 e. The second-order valence-electron chi connectivity index (χ2n) is 4.85. The number of anilines is 1. The molecule has 5 nitrogen and oxygen atoms in total. The summed E-state index contributed by atoms with van der Waals surface area (Å²) in [7, 11) is 0. The van der Waals surface area contributed by atoms with Crippen molar-refractivity contribution in [2.24, 2.45) is 0 Å².